The van der Waals surface area contributed by atoms with E-state index in [4.69, 9.17) is 19.2 Å². The van der Waals surface area contributed by atoms with Crippen LogP contribution in [0.5, 0.6) is 11.5 Å². The Labute approximate surface area is 207 Å². The Morgan fingerprint density at radius 1 is 1.22 bits per heavy atom. The summed E-state index contributed by atoms with van der Waals surface area (Å²) < 4.78 is 19.1. The van der Waals surface area contributed by atoms with Crippen LogP contribution in [0.15, 0.2) is 34.5 Å². The van der Waals surface area contributed by atoms with Gasteiger partial charge in [0.15, 0.2) is 11.5 Å². The number of morpholine rings is 1. The minimum absolute atomic E-state index is 0.192. The Balaban J connectivity index is 1.44. The van der Waals surface area contributed by atoms with E-state index in [1.165, 1.54) is 12.4 Å². The van der Waals surface area contributed by atoms with Gasteiger partial charge in [0.25, 0.3) is 5.91 Å². The van der Waals surface area contributed by atoms with Gasteiger partial charge in [0, 0.05) is 50.5 Å². The van der Waals surface area contributed by atoms with Crippen LogP contribution in [0.4, 0.5) is 11.8 Å². The predicted molar refractivity (Wildman–Crippen MR) is 133 cm³/mol. The lowest BCUT2D eigenvalue weighted by Crippen LogP contribution is -2.37. The normalized spacial score (nSPS) is 16.0. The molecule has 0 radical (unpaired) electrons. The lowest BCUT2D eigenvalue weighted by Gasteiger charge is -2.26. The smallest absolute Gasteiger partial charge is 0.283 e. The van der Waals surface area contributed by atoms with Crippen LogP contribution in [0.3, 0.4) is 0 Å². The number of aromatic nitrogens is 4. The maximum absolute atomic E-state index is 12.8. The molecule has 188 valence electrons. The molecule has 1 N–H and O–H groups in total. The zero-order valence-corrected chi connectivity index (χ0v) is 20.1. The Morgan fingerprint density at radius 3 is 2.78 bits per heavy atom. The molecular formula is C24H28N8O4. The molecule has 2 aromatic heterocycles. The number of nitrogens with zero attached hydrogens (tertiary/aromatic N) is 7. The molecule has 5 rings (SSSR count). The van der Waals surface area contributed by atoms with Crippen LogP contribution >= 0.6 is 0 Å². The van der Waals surface area contributed by atoms with Crippen molar-refractivity contribution in [2.75, 3.05) is 58.4 Å². The highest BCUT2D eigenvalue weighted by atomic mass is 16.5. The fraction of sp³-hybridized carbons (Fsp3) is 0.417. The number of hydrogen-bond acceptors (Lipinski definition) is 10. The van der Waals surface area contributed by atoms with Crippen molar-refractivity contribution in [2.45, 2.75) is 13.0 Å². The summed E-state index contributed by atoms with van der Waals surface area (Å²) in [4.78, 5) is 35.8. The first-order valence-corrected chi connectivity index (χ1v) is 11.8. The molecule has 1 fully saturated rings. The lowest BCUT2D eigenvalue weighted by atomic mass is 10.2. The molecule has 12 nitrogen and oxygen atoms in total. The molecular weight excluding hydrogens is 464 g/mol. The summed E-state index contributed by atoms with van der Waals surface area (Å²) in [6.45, 7) is 9.65. The molecule has 0 aliphatic carbocycles. The third kappa shape index (κ3) is 4.90. The number of aliphatic imine (C=N–C) groups is 1. The molecule has 4 heterocycles. The zero-order valence-electron chi connectivity index (χ0n) is 20.1. The van der Waals surface area contributed by atoms with Gasteiger partial charge in [0.05, 0.1) is 32.5 Å². The van der Waals surface area contributed by atoms with Gasteiger partial charge in [0.2, 0.25) is 11.6 Å². The van der Waals surface area contributed by atoms with Gasteiger partial charge in [-0.3, -0.25) is 14.3 Å². The van der Waals surface area contributed by atoms with Crippen LogP contribution < -0.4 is 20.4 Å². The van der Waals surface area contributed by atoms with Crippen molar-refractivity contribution in [3.05, 3.63) is 35.7 Å². The van der Waals surface area contributed by atoms with Gasteiger partial charge in [-0.25, -0.2) is 19.9 Å². The van der Waals surface area contributed by atoms with Crippen LogP contribution in [0, 0.1) is 0 Å². The fourth-order valence-corrected chi connectivity index (χ4v) is 4.31. The number of anilines is 1. The van der Waals surface area contributed by atoms with E-state index in [1.54, 1.807) is 7.11 Å². The number of rotatable bonds is 8. The summed E-state index contributed by atoms with van der Waals surface area (Å²) in [6, 6.07) is 3.85. The first-order valence-electron chi connectivity index (χ1n) is 11.8. The number of methoxy groups -OCH3 is 1. The Kier molecular flexibility index (Phi) is 7.14. The van der Waals surface area contributed by atoms with E-state index in [-0.39, 0.29) is 17.1 Å². The minimum atomic E-state index is -0.506. The molecule has 0 atom stereocenters. The molecule has 1 amide bonds. The van der Waals surface area contributed by atoms with E-state index in [1.807, 2.05) is 16.7 Å². The monoisotopic (exact) mass is 492 g/mol. The number of benzene rings is 1. The molecule has 1 aromatic carbocycles. The highest BCUT2D eigenvalue weighted by Crippen LogP contribution is 2.37. The van der Waals surface area contributed by atoms with E-state index in [2.05, 4.69) is 36.9 Å². The van der Waals surface area contributed by atoms with E-state index < -0.39 is 5.91 Å². The summed E-state index contributed by atoms with van der Waals surface area (Å²) in [7, 11) is 1.58. The topological polar surface area (TPSA) is 128 Å². The molecule has 36 heavy (non-hydrogen) atoms. The average Bonchev–Trinajstić information content (AvgIpc) is 3.42. The molecule has 0 saturated carbocycles. The molecule has 12 heteroatoms. The average molecular weight is 493 g/mol. The third-order valence-electron chi connectivity index (χ3n) is 6.11. The van der Waals surface area contributed by atoms with Crippen molar-refractivity contribution in [3.8, 4) is 11.5 Å². The number of carbonyl (C=O) groups excluding carboxylic acids is 1. The highest BCUT2D eigenvalue weighted by Gasteiger charge is 2.21. The second-order valence-electron chi connectivity index (χ2n) is 8.33. The van der Waals surface area contributed by atoms with Gasteiger partial charge in [0.1, 0.15) is 11.3 Å². The Hall–Kier alpha value is -3.90. The Morgan fingerprint density at radius 2 is 2.03 bits per heavy atom. The van der Waals surface area contributed by atoms with Gasteiger partial charge in [-0.1, -0.05) is 0 Å². The van der Waals surface area contributed by atoms with Crippen LogP contribution in [-0.2, 0) is 11.3 Å². The van der Waals surface area contributed by atoms with E-state index >= 15 is 0 Å². The standard InChI is InChI=1S/C24H28N8O4/c1-25-23-27-14-16(15-28-23)22(33)30-24-29-19-17(21-26-6-8-32(21)24)4-5-18(20(19)34-2)36-11-3-7-31-9-12-35-13-10-31/h4-5,14-15,26H,1,3,6-13H2,2H3. The Bertz CT molecular complexity index is 1330. The van der Waals surface area contributed by atoms with Crippen molar-refractivity contribution >= 4 is 35.3 Å². The largest absolute Gasteiger partial charge is 0.491 e. The van der Waals surface area contributed by atoms with E-state index in [0.29, 0.717) is 36.7 Å². The fourth-order valence-electron chi connectivity index (χ4n) is 4.31. The third-order valence-corrected chi connectivity index (χ3v) is 6.11. The van der Waals surface area contributed by atoms with Crippen molar-refractivity contribution in [3.63, 3.8) is 0 Å². The first kappa shape index (κ1) is 23.8. The molecule has 2 aliphatic heterocycles. The number of carbonyl (C=O) groups is 1. The quantitative estimate of drug-likeness (QED) is 0.367. The molecule has 0 unspecified atom stereocenters. The van der Waals surface area contributed by atoms with Gasteiger partial charge < -0.3 is 19.5 Å². The number of hydrogen-bond donors (Lipinski definition) is 1. The van der Waals surface area contributed by atoms with Gasteiger partial charge in [-0.15, -0.1) is 0 Å². The highest BCUT2D eigenvalue weighted by molar-refractivity contribution is 5.96. The SMILES string of the molecule is C=Nc1ncc(C(=O)N=c2nc3c(OC)c(OCCCN4CCOCC4)ccc3c3n2CCN3)cn1. The maximum Gasteiger partial charge on any atom is 0.283 e. The van der Waals surface area contributed by atoms with Crippen molar-refractivity contribution in [2.24, 2.45) is 9.98 Å². The zero-order chi connectivity index (χ0) is 24.9. The van der Waals surface area contributed by atoms with Gasteiger partial charge in [-0.05, 0) is 25.3 Å². The predicted octanol–water partition coefficient (Wildman–Crippen LogP) is 1.43. The van der Waals surface area contributed by atoms with Crippen LogP contribution in [0.1, 0.15) is 16.8 Å². The molecule has 0 spiro atoms. The summed E-state index contributed by atoms with van der Waals surface area (Å²) in [5.41, 5.74) is 1.06. The van der Waals surface area contributed by atoms with E-state index in [9.17, 15) is 4.79 Å². The van der Waals surface area contributed by atoms with E-state index in [0.717, 1.165) is 50.5 Å². The summed E-state index contributed by atoms with van der Waals surface area (Å²) in [6.07, 6.45) is 3.63. The molecule has 3 aromatic rings. The second-order valence-corrected chi connectivity index (χ2v) is 8.33. The van der Waals surface area contributed by atoms with Crippen molar-refractivity contribution in [1.29, 1.82) is 0 Å². The molecule has 0 bridgehead atoms. The number of ether oxygens (including phenoxy) is 3. The summed E-state index contributed by atoms with van der Waals surface area (Å²) in [5.74, 6) is 1.61. The number of amides is 1. The maximum atomic E-state index is 12.8. The molecule has 2 aliphatic rings. The number of fused-ring (bicyclic) bond motifs is 3. The summed E-state index contributed by atoms with van der Waals surface area (Å²) in [5, 5.41) is 4.23. The van der Waals surface area contributed by atoms with Crippen molar-refractivity contribution < 1.29 is 19.0 Å². The number of nitrogens with one attached hydrogen (secondary N) is 1. The van der Waals surface area contributed by atoms with Crippen LogP contribution in [-0.4, -0.2) is 90.2 Å². The van der Waals surface area contributed by atoms with Crippen molar-refractivity contribution in [1.82, 2.24) is 24.4 Å². The summed E-state index contributed by atoms with van der Waals surface area (Å²) >= 11 is 0. The minimum Gasteiger partial charge on any atom is -0.491 e. The van der Waals surface area contributed by atoms with Gasteiger partial charge >= 0.3 is 0 Å². The second kappa shape index (κ2) is 10.8. The first-order chi connectivity index (χ1) is 17.7. The molecule has 1 saturated heterocycles. The van der Waals surface area contributed by atoms with Crippen LogP contribution in [0.25, 0.3) is 10.9 Å². The van der Waals surface area contributed by atoms with Gasteiger partial charge in [-0.2, -0.15) is 4.99 Å². The van der Waals surface area contributed by atoms with Crippen LogP contribution in [0.2, 0.25) is 0 Å². The lowest BCUT2D eigenvalue weighted by molar-refractivity contribution is 0.0357.